The predicted octanol–water partition coefficient (Wildman–Crippen LogP) is 1.21. The van der Waals surface area contributed by atoms with Crippen LogP contribution in [0.15, 0.2) is 17.2 Å². The lowest BCUT2D eigenvalue weighted by atomic mass is 10.1. The van der Waals surface area contributed by atoms with Gasteiger partial charge in [0, 0.05) is 0 Å². The number of phenolic OH excluding ortho intramolecular Hbond substituents is 1. The van der Waals surface area contributed by atoms with Crippen LogP contribution in [0.2, 0.25) is 0 Å². The van der Waals surface area contributed by atoms with E-state index in [2.05, 4.69) is 10.5 Å². The van der Waals surface area contributed by atoms with Crippen LogP contribution in [0.4, 0.5) is 5.69 Å². The number of nitrogens with one attached hydrogen (secondary N) is 1. The van der Waals surface area contributed by atoms with Crippen molar-refractivity contribution in [2.45, 2.75) is 6.92 Å². The van der Waals surface area contributed by atoms with Gasteiger partial charge in [-0.2, -0.15) is 15.6 Å². The molecule has 0 spiro atoms. The number of rotatable bonds is 3. The Morgan fingerprint density at radius 1 is 1.39 bits per heavy atom. The smallest absolute Gasteiger partial charge is 0.338 e. The molecule has 0 heterocycles. The summed E-state index contributed by atoms with van der Waals surface area (Å²) in [7, 11) is 0. The molecule has 7 heteroatoms. The quantitative estimate of drug-likeness (QED) is 0.416. The first-order chi connectivity index (χ1) is 8.49. The minimum absolute atomic E-state index is 0.0841. The molecular weight excluding hydrogens is 236 g/mol. The topological polar surface area (TPSA) is 130 Å². The minimum Gasteiger partial charge on any atom is -0.508 e. The molecule has 0 amide bonds. The van der Waals surface area contributed by atoms with Gasteiger partial charge in [0.1, 0.15) is 17.9 Å². The van der Waals surface area contributed by atoms with E-state index in [1.165, 1.54) is 18.2 Å². The monoisotopic (exact) mass is 244 g/mol. The van der Waals surface area contributed by atoms with E-state index in [4.69, 9.17) is 15.6 Å². The molecule has 0 fully saturated rings. The molecule has 0 saturated heterocycles. The van der Waals surface area contributed by atoms with Crippen molar-refractivity contribution in [3.63, 3.8) is 0 Å². The zero-order valence-electron chi connectivity index (χ0n) is 9.30. The number of aromatic hydroxyl groups is 1. The van der Waals surface area contributed by atoms with Crippen molar-refractivity contribution in [3.05, 3.63) is 23.3 Å². The lowest BCUT2D eigenvalue weighted by molar-refractivity contribution is 0.0697. The van der Waals surface area contributed by atoms with Gasteiger partial charge in [-0.15, -0.1) is 0 Å². The first-order valence-corrected chi connectivity index (χ1v) is 4.70. The molecule has 7 nitrogen and oxygen atoms in total. The number of hydrazone groups is 1. The Labute approximate surface area is 102 Å². The summed E-state index contributed by atoms with van der Waals surface area (Å²) in [5, 5.41) is 38.8. The standard InChI is InChI=1S/C11H8N4O3/c1-6-2-9(15-14-7(4-12)5-13)8(11(17)18)3-10(6)16/h2-3,15-16H,1H3,(H,17,18). The number of phenols is 1. The molecule has 0 aliphatic rings. The van der Waals surface area contributed by atoms with Crippen molar-refractivity contribution >= 4 is 17.4 Å². The zero-order chi connectivity index (χ0) is 13.7. The summed E-state index contributed by atoms with van der Waals surface area (Å²) in [5.74, 6) is -1.43. The number of aryl methyl sites for hydroxylation is 1. The van der Waals surface area contributed by atoms with Crippen molar-refractivity contribution < 1.29 is 15.0 Å². The lowest BCUT2D eigenvalue weighted by Crippen LogP contribution is -2.04. The largest absolute Gasteiger partial charge is 0.508 e. The maximum Gasteiger partial charge on any atom is 0.338 e. The summed E-state index contributed by atoms with van der Waals surface area (Å²) in [6.07, 6.45) is 0. The number of hydrogen-bond acceptors (Lipinski definition) is 6. The van der Waals surface area contributed by atoms with E-state index in [1.54, 1.807) is 6.92 Å². The fourth-order valence-electron chi connectivity index (χ4n) is 1.16. The molecule has 0 unspecified atom stereocenters. The van der Waals surface area contributed by atoms with Crippen LogP contribution in [0.1, 0.15) is 15.9 Å². The van der Waals surface area contributed by atoms with Crippen molar-refractivity contribution in [2.75, 3.05) is 5.43 Å². The molecule has 90 valence electrons. The van der Waals surface area contributed by atoms with Crippen LogP contribution in [0.5, 0.6) is 5.75 Å². The number of aromatic carboxylic acids is 1. The second-order valence-electron chi connectivity index (χ2n) is 3.29. The molecule has 18 heavy (non-hydrogen) atoms. The van der Waals surface area contributed by atoms with Crippen molar-refractivity contribution in [2.24, 2.45) is 5.10 Å². The second-order valence-corrected chi connectivity index (χ2v) is 3.29. The summed E-state index contributed by atoms with van der Waals surface area (Å²) >= 11 is 0. The minimum atomic E-state index is -1.27. The van der Waals surface area contributed by atoms with E-state index >= 15 is 0 Å². The number of carbonyl (C=O) groups is 1. The van der Waals surface area contributed by atoms with Crippen LogP contribution in [0.25, 0.3) is 0 Å². The third-order valence-electron chi connectivity index (χ3n) is 2.07. The maximum absolute atomic E-state index is 10.9. The molecule has 0 bridgehead atoms. The van der Waals surface area contributed by atoms with Crippen molar-refractivity contribution in [1.82, 2.24) is 0 Å². The fraction of sp³-hybridized carbons (Fsp3) is 0.0909. The fourth-order valence-corrected chi connectivity index (χ4v) is 1.16. The van der Waals surface area contributed by atoms with Crippen molar-refractivity contribution in [1.29, 1.82) is 10.5 Å². The van der Waals surface area contributed by atoms with Gasteiger partial charge in [0.05, 0.1) is 11.3 Å². The molecule has 0 aromatic heterocycles. The number of anilines is 1. The van der Waals surface area contributed by atoms with Crippen LogP contribution < -0.4 is 5.43 Å². The van der Waals surface area contributed by atoms with Gasteiger partial charge in [0.2, 0.25) is 5.71 Å². The summed E-state index contributed by atoms with van der Waals surface area (Å²) in [4.78, 5) is 10.9. The summed E-state index contributed by atoms with van der Waals surface area (Å²) in [5.41, 5.74) is 2.19. The number of carboxylic acid groups (broad SMARTS) is 1. The molecule has 1 aromatic carbocycles. The second kappa shape index (κ2) is 5.32. The molecule has 0 atom stereocenters. The highest BCUT2D eigenvalue weighted by Crippen LogP contribution is 2.25. The van der Waals surface area contributed by atoms with Crippen LogP contribution in [0, 0.1) is 29.6 Å². The van der Waals surface area contributed by atoms with E-state index in [9.17, 15) is 9.90 Å². The Kier molecular flexibility index (Phi) is 3.85. The van der Waals surface area contributed by atoms with Gasteiger partial charge >= 0.3 is 5.97 Å². The number of nitrogens with zero attached hydrogens (tertiary/aromatic N) is 3. The SMILES string of the molecule is Cc1cc(NN=C(C#N)C#N)c(C(=O)O)cc1O. The van der Waals surface area contributed by atoms with Gasteiger partial charge in [0.15, 0.2) is 0 Å². The van der Waals surface area contributed by atoms with Crippen LogP contribution in [-0.4, -0.2) is 21.9 Å². The van der Waals surface area contributed by atoms with Crippen LogP contribution in [0.3, 0.4) is 0 Å². The van der Waals surface area contributed by atoms with Gasteiger partial charge in [0.25, 0.3) is 0 Å². The number of carboxylic acids is 1. The Balaban J connectivity index is 3.21. The van der Waals surface area contributed by atoms with Gasteiger partial charge in [-0.25, -0.2) is 4.79 Å². The molecule has 0 radical (unpaired) electrons. The third kappa shape index (κ3) is 2.74. The van der Waals surface area contributed by atoms with Crippen LogP contribution >= 0.6 is 0 Å². The van der Waals surface area contributed by atoms with Gasteiger partial charge in [-0.05, 0) is 24.6 Å². The van der Waals surface area contributed by atoms with Crippen LogP contribution in [-0.2, 0) is 0 Å². The normalized spacial score (nSPS) is 8.83. The number of benzene rings is 1. The third-order valence-corrected chi connectivity index (χ3v) is 2.07. The highest BCUT2D eigenvalue weighted by Gasteiger charge is 2.13. The van der Waals surface area contributed by atoms with Gasteiger partial charge in [-0.3, -0.25) is 5.43 Å². The maximum atomic E-state index is 10.9. The Bertz CT molecular complexity index is 592. The van der Waals surface area contributed by atoms with E-state index < -0.39 is 11.7 Å². The first-order valence-electron chi connectivity index (χ1n) is 4.70. The number of nitriles is 2. The summed E-state index contributed by atoms with van der Waals surface area (Å²) in [6, 6.07) is 5.47. The molecule has 0 aliphatic carbocycles. The van der Waals surface area contributed by atoms with E-state index in [0.717, 1.165) is 6.07 Å². The highest BCUT2D eigenvalue weighted by atomic mass is 16.4. The molecule has 0 saturated carbocycles. The first kappa shape index (κ1) is 13.0. The average Bonchev–Trinajstić information content (AvgIpc) is 2.34. The molecule has 0 aliphatic heterocycles. The Morgan fingerprint density at radius 2 is 2.00 bits per heavy atom. The average molecular weight is 244 g/mol. The predicted molar refractivity (Wildman–Crippen MR) is 62.1 cm³/mol. The lowest BCUT2D eigenvalue weighted by Gasteiger charge is -2.07. The van der Waals surface area contributed by atoms with E-state index in [1.807, 2.05) is 0 Å². The Morgan fingerprint density at radius 3 is 2.50 bits per heavy atom. The summed E-state index contributed by atoms with van der Waals surface area (Å²) in [6.45, 7) is 1.57. The summed E-state index contributed by atoms with van der Waals surface area (Å²) < 4.78 is 0. The van der Waals surface area contributed by atoms with Gasteiger partial charge < -0.3 is 10.2 Å². The van der Waals surface area contributed by atoms with E-state index in [0.29, 0.717) is 5.56 Å². The zero-order valence-corrected chi connectivity index (χ0v) is 9.30. The van der Waals surface area contributed by atoms with Gasteiger partial charge in [-0.1, -0.05) is 0 Å². The molecule has 3 N–H and O–H groups in total. The molecular formula is C11H8N4O3. The highest BCUT2D eigenvalue weighted by molar-refractivity contribution is 6.10. The molecule has 1 aromatic rings. The van der Waals surface area contributed by atoms with E-state index in [-0.39, 0.29) is 17.0 Å². The Hall–Kier alpha value is -3.06. The van der Waals surface area contributed by atoms with Crippen molar-refractivity contribution in [3.8, 4) is 17.9 Å². The molecule has 1 rings (SSSR count). The number of hydrogen-bond donors (Lipinski definition) is 3.